The van der Waals surface area contributed by atoms with Crippen LogP contribution >= 0.6 is 24.4 Å². The first kappa shape index (κ1) is 48.8. The van der Waals surface area contributed by atoms with E-state index in [2.05, 4.69) is 69.0 Å². The predicted octanol–water partition coefficient (Wildman–Crippen LogP) is 17.0. The molecular weight excluding hydrogens is 669 g/mol. The summed E-state index contributed by atoms with van der Waals surface area (Å²) in [6, 6.07) is 9.62. The highest BCUT2D eigenvalue weighted by molar-refractivity contribution is 7.78. The molecule has 0 radical (unpaired) electrons. The molecule has 0 atom stereocenters. The summed E-state index contributed by atoms with van der Waals surface area (Å²) < 4.78 is 0. The monoisotopic (exact) mass is 753 g/mol. The fourth-order valence-electron chi connectivity index (χ4n) is 7.66. The standard InChI is InChI=1S/C48H84N2S2/c51-45-49-43-35-31-27-23-19-15-11-7-3-1-5-9-13-17-21-25-29-33-37-47-39-41-48(42-40-47)38-34-30-26-22-18-14-10-6-2-4-8-12-16-20-24-28-32-36-44-50-46-52/h39-42H,1-38,43-44H2. The molecule has 0 bridgehead atoms. The van der Waals surface area contributed by atoms with Gasteiger partial charge in [-0.1, -0.05) is 230 Å². The summed E-state index contributed by atoms with van der Waals surface area (Å²) in [5.41, 5.74) is 3.08. The highest BCUT2D eigenvalue weighted by Crippen LogP contribution is 2.18. The van der Waals surface area contributed by atoms with Gasteiger partial charge in [0.25, 0.3) is 0 Å². The van der Waals surface area contributed by atoms with Crippen LogP contribution < -0.4 is 0 Å². The van der Waals surface area contributed by atoms with Gasteiger partial charge in [-0.3, -0.25) is 0 Å². The molecule has 0 heterocycles. The van der Waals surface area contributed by atoms with E-state index in [4.69, 9.17) is 0 Å². The zero-order valence-corrected chi connectivity index (χ0v) is 35.9. The minimum atomic E-state index is 0.872. The zero-order chi connectivity index (χ0) is 37.1. The molecule has 298 valence electrons. The lowest BCUT2D eigenvalue weighted by Gasteiger charge is -2.06. The lowest BCUT2D eigenvalue weighted by molar-refractivity contribution is 0.524. The first-order valence-electron chi connectivity index (χ1n) is 23.0. The van der Waals surface area contributed by atoms with Gasteiger partial charge in [-0.25, -0.2) is 9.98 Å². The van der Waals surface area contributed by atoms with Crippen molar-refractivity contribution in [1.82, 2.24) is 0 Å². The van der Waals surface area contributed by atoms with E-state index in [1.165, 1.54) is 244 Å². The third-order valence-electron chi connectivity index (χ3n) is 11.1. The molecule has 4 heteroatoms. The first-order chi connectivity index (χ1) is 25.9. The van der Waals surface area contributed by atoms with Crippen molar-refractivity contribution in [1.29, 1.82) is 0 Å². The van der Waals surface area contributed by atoms with Gasteiger partial charge in [0.15, 0.2) is 0 Å². The molecule has 0 unspecified atom stereocenters. The van der Waals surface area contributed by atoms with Crippen molar-refractivity contribution < 1.29 is 0 Å². The fraction of sp³-hybridized carbons (Fsp3) is 0.833. The van der Waals surface area contributed by atoms with Crippen molar-refractivity contribution >= 4 is 34.8 Å². The Kier molecular flexibility index (Phi) is 40.0. The third kappa shape index (κ3) is 37.1. The molecule has 0 aliphatic rings. The van der Waals surface area contributed by atoms with Gasteiger partial charge in [-0.15, -0.1) is 0 Å². The molecule has 0 spiro atoms. The number of nitrogens with zero attached hydrogens (tertiary/aromatic N) is 2. The van der Waals surface area contributed by atoms with Gasteiger partial charge in [-0.05, 0) is 74.1 Å². The van der Waals surface area contributed by atoms with Crippen LogP contribution in [0.3, 0.4) is 0 Å². The second kappa shape index (κ2) is 42.6. The van der Waals surface area contributed by atoms with E-state index in [1.807, 2.05) is 0 Å². The van der Waals surface area contributed by atoms with Gasteiger partial charge < -0.3 is 0 Å². The molecule has 2 nitrogen and oxygen atoms in total. The minimum absolute atomic E-state index is 0.872. The smallest absolute Gasteiger partial charge is 0.0584 e. The molecule has 1 aromatic rings. The molecule has 0 fully saturated rings. The van der Waals surface area contributed by atoms with E-state index in [0.717, 1.165) is 13.1 Å². The number of aliphatic imine (C=N–C) groups is 2. The normalized spacial score (nSPS) is 11.1. The lowest BCUT2D eigenvalue weighted by atomic mass is 10.0. The molecule has 0 aromatic heterocycles. The topological polar surface area (TPSA) is 24.7 Å². The maximum absolute atomic E-state index is 4.61. The number of isothiocyanates is 2. The van der Waals surface area contributed by atoms with Crippen molar-refractivity contribution in [3.8, 4) is 0 Å². The van der Waals surface area contributed by atoms with Crippen molar-refractivity contribution in [2.45, 2.75) is 244 Å². The van der Waals surface area contributed by atoms with Crippen LogP contribution in [-0.2, 0) is 12.8 Å². The van der Waals surface area contributed by atoms with Gasteiger partial charge in [0.05, 0.1) is 10.3 Å². The van der Waals surface area contributed by atoms with Gasteiger partial charge >= 0.3 is 0 Å². The Morgan fingerprint density at radius 3 is 0.635 bits per heavy atom. The molecule has 1 rings (SSSR count). The average Bonchev–Trinajstić information content (AvgIpc) is 3.16. The van der Waals surface area contributed by atoms with E-state index in [9.17, 15) is 0 Å². The van der Waals surface area contributed by atoms with E-state index in [0.29, 0.717) is 0 Å². The van der Waals surface area contributed by atoms with Gasteiger partial charge in [0.2, 0.25) is 0 Å². The van der Waals surface area contributed by atoms with Crippen LogP contribution in [0.5, 0.6) is 0 Å². The number of benzene rings is 1. The SMILES string of the molecule is S=C=NCCCCCCCCCCCCCCCCCCCCc1ccc(CCCCCCCCCCCCCCCCCCCCN=C=S)cc1. The summed E-state index contributed by atoms with van der Waals surface area (Å²) >= 11 is 9.21. The van der Waals surface area contributed by atoms with Crippen LogP contribution in [0.2, 0.25) is 0 Å². The highest BCUT2D eigenvalue weighted by Gasteiger charge is 2.00. The Bertz CT molecular complexity index is 871. The van der Waals surface area contributed by atoms with E-state index >= 15 is 0 Å². The summed E-state index contributed by atoms with van der Waals surface area (Å²) in [6.07, 6.45) is 53.1. The van der Waals surface area contributed by atoms with Gasteiger partial charge in [-0.2, -0.15) is 0 Å². The maximum Gasteiger partial charge on any atom is 0.0584 e. The highest BCUT2D eigenvalue weighted by atomic mass is 32.1. The molecule has 0 saturated heterocycles. The molecular formula is C48H84N2S2. The van der Waals surface area contributed by atoms with Crippen molar-refractivity contribution in [2.75, 3.05) is 13.1 Å². The van der Waals surface area contributed by atoms with Crippen LogP contribution in [0.4, 0.5) is 0 Å². The number of hydrogen-bond donors (Lipinski definition) is 0. The van der Waals surface area contributed by atoms with Crippen LogP contribution in [0, 0.1) is 0 Å². The zero-order valence-electron chi connectivity index (χ0n) is 34.3. The van der Waals surface area contributed by atoms with Gasteiger partial charge in [0.1, 0.15) is 0 Å². The van der Waals surface area contributed by atoms with Crippen LogP contribution in [0.25, 0.3) is 0 Å². The Balaban J connectivity index is 1.77. The fourth-order valence-corrected chi connectivity index (χ4v) is 7.84. The Morgan fingerprint density at radius 2 is 0.442 bits per heavy atom. The molecule has 52 heavy (non-hydrogen) atoms. The summed E-state index contributed by atoms with van der Waals surface area (Å²) in [4.78, 5) is 7.97. The molecule has 0 N–H and O–H groups in total. The minimum Gasteiger partial charge on any atom is -0.233 e. The Labute approximate surface area is 335 Å². The summed E-state index contributed by atoms with van der Waals surface area (Å²) in [5.74, 6) is 0. The second-order valence-corrected chi connectivity index (χ2v) is 16.4. The molecule has 1 aromatic carbocycles. The quantitative estimate of drug-likeness (QED) is 0.0377. The van der Waals surface area contributed by atoms with Crippen molar-refractivity contribution in [2.24, 2.45) is 9.98 Å². The van der Waals surface area contributed by atoms with Gasteiger partial charge in [0, 0.05) is 13.1 Å². The van der Waals surface area contributed by atoms with E-state index in [1.54, 1.807) is 11.1 Å². The Hall–Kier alpha value is -1.18. The average molecular weight is 753 g/mol. The number of hydrogen-bond acceptors (Lipinski definition) is 4. The molecule has 0 aliphatic carbocycles. The van der Waals surface area contributed by atoms with Crippen molar-refractivity contribution in [3.63, 3.8) is 0 Å². The van der Waals surface area contributed by atoms with Crippen LogP contribution in [0.15, 0.2) is 34.3 Å². The van der Waals surface area contributed by atoms with E-state index < -0.39 is 0 Å². The third-order valence-corrected chi connectivity index (χ3v) is 11.4. The number of aryl methyl sites for hydroxylation is 2. The first-order valence-corrected chi connectivity index (χ1v) is 23.8. The molecule has 0 amide bonds. The second-order valence-electron chi connectivity index (χ2n) is 16.0. The van der Waals surface area contributed by atoms with Crippen LogP contribution in [0.1, 0.15) is 242 Å². The number of unbranched alkanes of at least 4 members (excludes halogenated alkanes) is 34. The van der Waals surface area contributed by atoms with Crippen LogP contribution in [-0.4, -0.2) is 23.4 Å². The Morgan fingerprint density at radius 1 is 0.269 bits per heavy atom. The van der Waals surface area contributed by atoms with E-state index in [-0.39, 0.29) is 0 Å². The van der Waals surface area contributed by atoms with Crippen molar-refractivity contribution in [3.05, 3.63) is 35.4 Å². The lowest BCUT2D eigenvalue weighted by Crippen LogP contribution is -1.90. The summed E-state index contributed by atoms with van der Waals surface area (Å²) in [6.45, 7) is 1.74. The molecule has 0 saturated carbocycles. The summed E-state index contributed by atoms with van der Waals surface area (Å²) in [7, 11) is 0. The predicted molar refractivity (Wildman–Crippen MR) is 240 cm³/mol. The molecule has 0 aliphatic heterocycles. The summed E-state index contributed by atoms with van der Waals surface area (Å²) in [5, 5.41) is 4.91. The number of thiocarbonyl (C=S) groups is 2. The largest absolute Gasteiger partial charge is 0.233 e. The maximum atomic E-state index is 4.61. The number of rotatable bonds is 42.